The Hall–Kier alpha value is -1.21. The fraction of sp³-hybridized carbons (Fsp3) is 0.500. The minimum absolute atomic E-state index is 0.0783. The van der Waals surface area contributed by atoms with Crippen LogP contribution in [-0.4, -0.2) is 33.5 Å². The van der Waals surface area contributed by atoms with E-state index in [0.29, 0.717) is 5.71 Å². The van der Waals surface area contributed by atoms with Crippen LogP contribution in [0.25, 0.3) is 0 Å². The predicted octanol–water partition coefficient (Wildman–Crippen LogP) is 2.92. The molecule has 1 aromatic carbocycles. The molecule has 9 heteroatoms. The fourth-order valence-corrected chi connectivity index (χ4v) is 4.30. The van der Waals surface area contributed by atoms with Gasteiger partial charge in [-0.15, -0.1) is 0 Å². The van der Waals surface area contributed by atoms with Crippen molar-refractivity contribution in [2.24, 2.45) is 5.10 Å². The number of nitrogens with zero attached hydrogens (tertiary/aromatic N) is 1. The second kappa shape index (κ2) is 8.59. The van der Waals surface area contributed by atoms with Gasteiger partial charge in [0.15, 0.2) is 0 Å². The van der Waals surface area contributed by atoms with Crippen molar-refractivity contribution in [3.63, 3.8) is 0 Å². The predicted molar refractivity (Wildman–Crippen MR) is 90.3 cm³/mol. The number of benzene rings is 1. The molecule has 0 bridgehead atoms. The summed E-state index contributed by atoms with van der Waals surface area (Å²) in [6.45, 7) is 7.31. The van der Waals surface area contributed by atoms with Crippen molar-refractivity contribution >= 4 is 23.3 Å². The highest BCUT2D eigenvalue weighted by Gasteiger charge is 2.25. The molecule has 0 saturated heterocycles. The van der Waals surface area contributed by atoms with Crippen LogP contribution in [0, 0.1) is 6.92 Å². The van der Waals surface area contributed by atoms with Crippen LogP contribution in [-0.2, 0) is 23.6 Å². The van der Waals surface area contributed by atoms with E-state index < -0.39 is 17.6 Å². The molecule has 0 spiro atoms. The van der Waals surface area contributed by atoms with Crippen LogP contribution in [0.15, 0.2) is 34.3 Å². The van der Waals surface area contributed by atoms with Gasteiger partial charge in [-0.05, 0) is 39.8 Å². The number of hydrazone groups is 1. The highest BCUT2D eigenvalue weighted by atomic mass is 32.2. The standard InChI is InChI=1S/C14H23N2O5PS/c1-5-20-22(17,21-6-2)11-13(4)15-16-23(18,19)14-9-7-12(3)8-10-14/h7-10,16H,5-6,11H2,1-4H3. The zero-order chi connectivity index (χ0) is 17.5. The molecule has 0 saturated carbocycles. The highest BCUT2D eigenvalue weighted by molar-refractivity contribution is 7.89. The minimum atomic E-state index is -3.76. The molecule has 130 valence electrons. The summed E-state index contributed by atoms with van der Waals surface area (Å²) in [5, 5.41) is 3.79. The normalized spacial score (nSPS) is 13.1. The smallest absolute Gasteiger partial charge is 0.309 e. The Kier molecular flexibility index (Phi) is 7.41. The van der Waals surface area contributed by atoms with Gasteiger partial charge in [-0.1, -0.05) is 17.7 Å². The minimum Gasteiger partial charge on any atom is -0.309 e. The van der Waals surface area contributed by atoms with Gasteiger partial charge in [0.25, 0.3) is 10.0 Å². The number of sulfonamides is 1. The third kappa shape index (κ3) is 6.43. The van der Waals surface area contributed by atoms with Crippen molar-refractivity contribution in [3.8, 4) is 0 Å². The van der Waals surface area contributed by atoms with E-state index in [9.17, 15) is 13.0 Å². The van der Waals surface area contributed by atoms with Crippen molar-refractivity contribution in [3.05, 3.63) is 29.8 Å². The van der Waals surface area contributed by atoms with E-state index in [-0.39, 0.29) is 24.3 Å². The topological polar surface area (TPSA) is 94.1 Å². The first-order chi connectivity index (χ1) is 10.7. The maximum absolute atomic E-state index is 12.4. The van der Waals surface area contributed by atoms with Crippen LogP contribution < -0.4 is 4.83 Å². The molecule has 0 atom stereocenters. The molecule has 0 radical (unpaired) electrons. The van der Waals surface area contributed by atoms with Crippen molar-refractivity contribution in [1.82, 2.24) is 4.83 Å². The summed E-state index contributed by atoms with van der Waals surface area (Å²) in [4.78, 5) is 2.24. The maximum atomic E-state index is 12.4. The van der Waals surface area contributed by atoms with Gasteiger partial charge < -0.3 is 9.05 Å². The first-order valence-electron chi connectivity index (χ1n) is 7.22. The van der Waals surface area contributed by atoms with Crippen LogP contribution in [0.3, 0.4) is 0 Å². The number of rotatable bonds is 9. The summed E-state index contributed by atoms with van der Waals surface area (Å²) in [5.41, 5.74) is 1.27. The van der Waals surface area contributed by atoms with E-state index in [1.807, 2.05) is 6.92 Å². The zero-order valence-corrected chi connectivity index (χ0v) is 15.5. The van der Waals surface area contributed by atoms with Crippen molar-refractivity contribution in [2.75, 3.05) is 19.4 Å². The van der Waals surface area contributed by atoms with E-state index in [0.717, 1.165) is 5.56 Å². The number of hydrogen-bond acceptors (Lipinski definition) is 6. The second-order valence-corrected chi connectivity index (χ2v) is 8.57. The van der Waals surface area contributed by atoms with Gasteiger partial charge in [-0.3, -0.25) is 4.57 Å². The molecule has 0 amide bonds. The Morgan fingerprint density at radius 3 is 2.17 bits per heavy atom. The quantitative estimate of drug-likeness (QED) is 0.414. The number of hydrogen-bond donors (Lipinski definition) is 1. The maximum Gasteiger partial charge on any atom is 0.336 e. The van der Waals surface area contributed by atoms with Crippen molar-refractivity contribution < 1.29 is 22.0 Å². The van der Waals surface area contributed by atoms with Gasteiger partial charge in [-0.25, -0.2) is 4.83 Å². The summed E-state index contributed by atoms with van der Waals surface area (Å²) in [5.74, 6) is 0. The Morgan fingerprint density at radius 1 is 1.17 bits per heavy atom. The summed E-state index contributed by atoms with van der Waals surface area (Å²) in [6.07, 6.45) is -0.0783. The molecular weight excluding hydrogens is 339 g/mol. The van der Waals surface area contributed by atoms with Crippen LogP contribution in [0.2, 0.25) is 0 Å². The Balaban J connectivity index is 2.82. The van der Waals surface area contributed by atoms with E-state index in [4.69, 9.17) is 9.05 Å². The SMILES string of the molecule is CCOP(=O)(CC(C)=NNS(=O)(=O)c1ccc(C)cc1)OCC. The lowest BCUT2D eigenvalue weighted by atomic mass is 10.2. The molecule has 1 aromatic rings. The molecule has 0 heterocycles. The largest absolute Gasteiger partial charge is 0.336 e. The average Bonchev–Trinajstić information content (AvgIpc) is 2.46. The highest BCUT2D eigenvalue weighted by Crippen LogP contribution is 2.47. The lowest BCUT2D eigenvalue weighted by Gasteiger charge is -2.16. The van der Waals surface area contributed by atoms with Gasteiger partial charge in [0.1, 0.15) is 0 Å². The van der Waals surface area contributed by atoms with E-state index in [1.165, 1.54) is 12.1 Å². The Morgan fingerprint density at radius 2 is 1.70 bits per heavy atom. The van der Waals surface area contributed by atoms with Gasteiger partial charge in [0, 0.05) is 5.71 Å². The van der Waals surface area contributed by atoms with E-state index in [1.54, 1.807) is 32.9 Å². The molecule has 1 N–H and O–H groups in total. The third-order valence-electron chi connectivity index (χ3n) is 2.76. The Bertz CT molecular complexity index is 676. The van der Waals surface area contributed by atoms with Crippen LogP contribution in [0.5, 0.6) is 0 Å². The fourth-order valence-electron chi connectivity index (χ4n) is 1.75. The summed E-state index contributed by atoms with van der Waals surface area (Å²) in [6, 6.07) is 6.38. The third-order valence-corrected chi connectivity index (χ3v) is 6.13. The number of aryl methyl sites for hydroxylation is 1. The molecule has 0 aliphatic heterocycles. The lowest BCUT2D eigenvalue weighted by molar-refractivity contribution is 0.223. The van der Waals surface area contributed by atoms with Crippen molar-refractivity contribution in [1.29, 1.82) is 0 Å². The second-order valence-electron chi connectivity index (χ2n) is 4.86. The Labute approximate surface area is 137 Å². The van der Waals surface area contributed by atoms with Crippen LogP contribution in [0.4, 0.5) is 0 Å². The monoisotopic (exact) mass is 362 g/mol. The molecule has 0 aliphatic carbocycles. The summed E-state index contributed by atoms with van der Waals surface area (Å²) in [7, 11) is -7.06. The zero-order valence-electron chi connectivity index (χ0n) is 13.8. The average molecular weight is 362 g/mol. The van der Waals surface area contributed by atoms with Gasteiger partial charge in [0.2, 0.25) is 0 Å². The van der Waals surface area contributed by atoms with Crippen molar-refractivity contribution in [2.45, 2.75) is 32.6 Å². The molecule has 0 fully saturated rings. The molecule has 7 nitrogen and oxygen atoms in total. The van der Waals surface area contributed by atoms with E-state index >= 15 is 0 Å². The molecule has 0 aliphatic rings. The summed E-state index contributed by atoms with van der Waals surface area (Å²) < 4.78 is 46.9. The lowest BCUT2D eigenvalue weighted by Crippen LogP contribution is -2.21. The molecule has 0 unspecified atom stereocenters. The molecule has 23 heavy (non-hydrogen) atoms. The first kappa shape index (κ1) is 19.8. The number of nitrogens with one attached hydrogen (secondary N) is 1. The van der Waals surface area contributed by atoms with Crippen LogP contribution in [0.1, 0.15) is 26.3 Å². The first-order valence-corrected chi connectivity index (χ1v) is 10.4. The van der Waals surface area contributed by atoms with Gasteiger partial charge in [0.05, 0.1) is 24.3 Å². The van der Waals surface area contributed by atoms with Gasteiger partial charge >= 0.3 is 7.60 Å². The summed E-state index contributed by atoms with van der Waals surface area (Å²) >= 11 is 0. The molecule has 1 rings (SSSR count). The molecule has 0 aromatic heterocycles. The molecular formula is C14H23N2O5PS. The van der Waals surface area contributed by atoms with Gasteiger partial charge in [-0.2, -0.15) is 13.5 Å². The van der Waals surface area contributed by atoms with E-state index in [2.05, 4.69) is 9.93 Å². The van der Waals surface area contributed by atoms with Crippen LogP contribution >= 0.6 is 7.60 Å².